The number of aromatic nitrogens is 5. The van der Waals surface area contributed by atoms with Crippen LogP contribution in [0.2, 0.25) is 0 Å². The van der Waals surface area contributed by atoms with E-state index in [-0.39, 0.29) is 12.1 Å². The second-order valence-electron chi connectivity index (χ2n) is 5.46. The fourth-order valence-corrected chi connectivity index (χ4v) is 2.11. The molecule has 0 aromatic carbocycles. The summed E-state index contributed by atoms with van der Waals surface area (Å²) in [7, 11) is 1.00. The smallest absolute Gasteiger partial charge is 0.422 e. The van der Waals surface area contributed by atoms with Gasteiger partial charge >= 0.3 is 12.2 Å². The van der Waals surface area contributed by atoms with Crippen LogP contribution in [0.5, 0.6) is 6.01 Å². The maximum atomic E-state index is 12.1. The molecule has 0 saturated carbocycles. The van der Waals surface area contributed by atoms with E-state index in [0.717, 1.165) is 17.4 Å². The van der Waals surface area contributed by atoms with Gasteiger partial charge in [-0.2, -0.15) is 18.3 Å². The lowest BCUT2D eigenvalue weighted by molar-refractivity contribution is -0.904. The average molecular weight is 412 g/mol. The Labute approximate surface area is 162 Å². The highest BCUT2D eigenvalue weighted by atomic mass is 19.4. The first-order chi connectivity index (χ1) is 13.8. The zero-order valence-corrected chi connectivity index (χ0v) is 15.1. The van der Waals surface area contributed by atoms with Crippen molar-refractivity contribution in [3.8, 4) is 17.3 Å². The van der Waals surface area contributed by atoms with Gasteiger partial charge in [-0.1, -0.05) is 0 Å². The summed E-state index contributed by atoms with van der Waals surface area (Å²) in [4.78, 5) is 19.4. The maximum absolute atomic E-state index is 12.1. The Balaban J connectivity index is 0.00000145. The second kappa shape index (κ2) is 9.59. The first-order valence-corrected chi connectivity index (χ1v) is 8.04. The molecule has 0 aliphatic carbocycles. The van der Waals surface area contributed by atoms with Crippen molar-refractivity contribution in [2.24, 2.45) is 0 Å². The van der Waals surface area contributed by atoms with E-state index in [0.29, 0.717) is 11.3 Å². The molecule has 3 aromatic heterocycles. The molecule has 0 fully saturated rings. The Morgan fingerprint density at radius 1 is 1.10 bits per heavy atom. The first-order valence-electron chi connectivity index (χ1n) is 8.04. The molecule has 3 aromatic rings. The normalized spacial score (nSPS) is 10.8. The quantitative estimate of drug-likeness (QED) is 0.471. The minimum Gasteiger partial charge on any atom is -0.454 e. The summed E-state index contributed by atoms with van der Waals surface area (Å²) in [6.07, 6.45) is 0.862. The highest BCUT2D eigenvalue weighted by Crippen LogP contribution is 2.18. The molecule has 3 heterocycles. The van der Waals surface area contributed by atoms with Crippen molar-refractivity contribution >= 4 is 0 Å². The van der Waals surface area contributed by atoms with Crippen molar-refractivity contribution in [1.82, 2.24) is 19.7 Å². The topological polar surface area (TPSA) is 114 Å². The van der Waals surface area contributed by atoms with Gasteiger partial charge in [0.2, 0.25) is 12.4 Å². The van der Waals surface area contributed by atoms with E-state index in [4.69, 9.17) is 5.11 Å². The van der Waals surface area contributed by atoms with Crippen molar-refractivity contribution in [3.05, 3.63) is 65.0 Å². The van der Waals surface area contributed by atoms with E-state index in [1.807, 2.05) is 0 Å². The number of halogens is 3. The summed E-state index contributed by atoms with van der Waals surface area (Å²) in [6, 6.07) is 5.60. The van der Waals surface area contributed by atoms with Crippen molar-refractivity contribution < 1.29 is 33.0 Å². The second-order valence-corrected chi connectivity index (χ2v) is 5.46. The summed E-state index contributed by atoms with van der Waals surface area (Å²) in [6.45, 7) is -1.32. The van der Waals surface area contributed by atoms with Crippen LogP contribution in [-0.2, 0) is 6.54 Å². The van der Waals surface area contributed by atoms with Gasteiger partial charge in [-0.15, -0.1) is 0 Å². The van der Waals surface area contributed by atoms with Crippen LogP contribution in [-0.4, -0.2) is 50.0 Å². The summed E-state index contributed by atoms with van der Waals surface area (Å²) in [5, 5.41) is 20.4. The highest BCUT2D eigenvalue weighted by Gasteiger charge is 2.28. The molecular formula is C17H17F3N5O4+. The fourth-order valence-electron chi connectivity index (χ4n) is 2.11. The molecular weight excluding hydrogens is 395 g/mol. The number of rotatable bonds is 5. The standard InChI is InChI=1S/C16H13F3N5O3.CH4O/c17-16(18,19)10-27-15-20-7-12(8-21-15)13-1-2-14(25)24(22-13)9-11-3-5-23(26)6-4-11;1-2/h1-8,26H,9-10H2;2H,1H3/q+1;. The van der Waals surface area contributed by atoms with Gasteiger partial charge in [-0.25, -0.2) is 14.6 Å². The molecule has 0 bridgehead atoms. The van der Waals surface area contributed by atoms with E-state index < -0.39 is 18.8 Å². The zero-order valence-electron chi connectivity index (χ0n) is 15.1. The number of pyridine rings is 1. The van der Waals surface area contributed by atoms with E-state index in [1.165, 1.54) is 41.6 Å². The molecule has 12 heteroatoms. The largest absolute Gasteiger partial charge is 0.454 e. The number of nitrogens with zero attached hydrogens (tertiary/aromatic N) is 5. The molecule has 0 radical (unpaired) electrons. The third kappa shape index (κ3) is 6.53. The Hall–Kier alpha value is -3.54. The third-order valence-corrected chi connectivity index (χ3v) is 3.37. The van der Waals surface area contributed by atoms with Gasteiger partial charge in [0.15, 0.2) is 6.61 Å². The minimum absolute atomic E-state index is 0.168. The molecule has 29 heavy (non-hydrogen) atoms. The van der Waals surface area contributed by atoms with Gasteiger partial charge in [-0.3, -0.25) is 10.0 Å². The van der Waals surface area contributed by atoms with Crippen molar-refractivity contribution in [3.63, 3.8) is 0 Å². The van der Waals surface area contributed by atoms with E-state index in [1.54, 1.807) is 12.1 Å². The van der Waals surface area contributed by atoms with E-state index in [9.17, 15) is 23.2 Å². The molecule has 0 unspecified atom stereocenters. The van der Waals surface area contributed by atoms with Crippen LogP contribution in [0.25, 0.3) is 11.3 Å². The molecule has 0 amide bonds. The van der Waals surface area contributed by atoms with Gasteiger partial charge < -0.3 is 9.84 Å². The fraction of sp³-hybridized carbons (Fsp3) is 0.235. The maximum Gasteiger partial charge on any atom is 0.422 e. The first kappa shape index (κ1) is 21.8. The van der Waals surface area contributed by atoms with Gasteiger partial charge in [0.05, 0.1) is 12.2 Å². The molecule has 154 valence electrons. The molecule has 2 N–H and O–H groups in total. The van der Waals surface area contributed by atoms with Crippen molar-refractivity contribution in [2.75, 3.05) is 13.7 Å². The molecule has 0 aliphatic heterocycles. The highest BCUT2D eigenvalue weighted by molar-refractivity contribution is 5.55. The molecule has 3 rings (SSSR count). The number of ether oxygens (including phenoxy) is 1. The number of hydrogen-bond donors (Lipinski definition) is 2. The van der Waals surface area contributed by atoms with Crippen LogP contribution in [0.1, 0.15) is 5.56 Å². The van der Waals surface area contributed by atoms with Crippen LogP contribution in [0.15, 0.2) is 53.8 Å². The monoisotopic (exact) mass is 412 g/mol. The lowest BCUT2D eigenvalue weighted by Gasteiger charge is -2.08. The minimum atomic E-state index is -4.48. The van der Waals surface area contributed by atoms with Crippen LogP contribution in [0.3, 0.4) is 0 Å². The van der Waals surface area contributed by atoms with Gasteiger partial charge in [-0.05, 0) is 11.6 Å². The lowest BCUT2D eigenvalue weighted by Crippen LogP contribution is -2.29. The molecule has 0 saturated heterocycles. The number of alkyl halides is 3. The van der Waals surface area contributed by atoms with Crippen LogP contribution in [0.4, 0.5) is 13.2 Å². The Kier molecular flexibility index (Phi) is 7.20. The van der Waals surface area contributed by atoms with Gasteiger partial charge in [0.25, 0.3) is 5.56 Å². The van der Waals surface area contributed by atoms with E-state index >= 15 is 0 Å². The molecule has 9 nitrogen and oxygen atoms in total. The zero-order chi connectivity index (χ0) is 21.4. The number of aliphatic hydroxyl groups is 1. The Morgan fingerprint density at radius 3 is 2.31 bits per heavy atom. The van der Waals surface area contributed by atoms with Crippen molar-refractivity contribution in [2.45, 2.75) is 12.7 Å². The summed E-state index contributed by atoms with van der Waals surface area (Å²) < 4.78 is 42.9. The summed E-state index contributed by atoms with van der Waals surface area (Å²) >= 11 is 0. The third-order valence-electron chi connectivity index (χ3n) is 3.37. The molecule has 0 aliphatic rings. The number of hydrogen-bond acceptors (Lipinski definition) is 7. The Morgan fingerprint density at radius 2 is 1.72 bits per heavy atom. The predicted molar refractivity (Wildman–Crippen MR) is 92.1 cm³/mol. The van der Waals surface area contributed by atoms with Crippen LogP contribution >= 0.6 is 0 Å². The summed E-state index contributed by atoms with van der Waals surface area (Å²) in [5.41, 5.74) is 1.17. The predicted octanol–water partition coefficient (Wildman–Crippen LogP) is 0.823. The average Bonchev–Trinajstić information content (AvgIpc) is 2.71. The van der Waals surface area contributed by atoms with Crippen molar-refractivity contribution in [1.29, 1.82) is 0 Å². The summed E-state index contributed by atoms with van der Waals surface area (Å²) in [5.74, 6) is 0. The SMILES string of the molecule is CO.O=c1ccc(-c2cnc(OCC(F)(F)F)nc2)nn1Cc1cc[n+](O)cc1. The van der Waals surface area contributed by atoms with Gasteiger partial charge in [0.1, 0.15) is 0 Å². The van der Waals surface area contributed by atoms with Crippen LogP contribution < -0.4 is 15.0 Å². The number of aliphatic hydroxyl groups excluding tert-OH is 1. The molecule has 0 atom stereocenters. The lowest BCUT2D eigenvalue weighted by atomic mass is 10.2. The van der Waals surface area contributed by atoms with E-state index in [2.05, 4.69) is 19.8 Å². The van der Waals surface area contributed by atoms with Gasteiger partial charge in [0, 0.05) is 48.0 Å². The van der Waals surface area contributed by atoms with Crippen LogP contribution in [0, 0.1) is 0 Å². The molecule has 0 spiro atoms. The Bertz CT molecular complexity index is 976.